The van der Waals surface area contributed by atoms with Gasteiger partial charge in [-0.15, -0.1) is 0 Å². The van der Waals surface area contributed by atoms with Crippen LogP contribution in [0.15, 0.2) is 0 Å². The molecule has 9 heavy (non-hydrogen) atoms. The average molecular weight is 132 g/mol. The van der Waals surface area contributed by atoms with Crippen molar-refractivity contribution in [1.29, 1.82) is 0 Å². The van der Waals surface area contributed by atoms with Crippen molar-refractivity contribution in [1.82, 2.24) is 0 Å². The zero-order chi connectivity index (χ0) is 9.85. The zero-order valence-electron chi connectivity index (χ0n) is 8.59. The number of fused-ring (bicyclic) bond motifs is 1. The van der Waals surface area contributed by atoms with Crippen molar-refractivity contribution in [2.45, 2.75) is 12.7 Å². The van der Waals surface area contributed by atoms with Crippen LogP contribution in [-0.2, 0) is 14.3 Å². The first kappa shape index (κ1) is 2.68. The molecule has 3 nitrogen and oxygen atoms in total. The van der Waals surface area contributed by atoms with Gasteiger partial charge in [0.25, 0.3) is 0 Å². The maximum atomic E-state index is 11.1. The monoisotopic (exact) mass is 132 g/mol. The first-order chi connectivity index (χ1) is 5.86. The van der Waals surface area contributed by atoms with E-state index >= 15 is 0 Å². The highest BCUT2D eigenvalue weighted by molar-refractivity contribution is 5.84. The van der Waals surface area contributed by atoms with Gasteiger partial charge in [-0.3, -0.25) is 4.79 Å². The number of ether oxygens (including phenoxy) is 2. The van der Waals surface area contributed by atoms with Gasteiger partial charge < -0.3 is 9.47 Å². The van der Waals surface area contributed by atoms with Gasteiger partial charge in [-0.1, -0.05) is 0 Å². The minimum Gasteiger partial charge on any atom is -0.352 e. The van der Waals surface area contributed by atoms with Gasteiger partial charge in [-0.2, -0.15) is 0 Å². The molecule has 50 valence electrons. The van der Waals surface area contributed by atoms with Gasteiger partial charge in [0, 0.05) is 2.74 Å². The molecular formula is C6H8O3. The number of Topliss-reactive ketones (excluding diaryl/α,β-unsaturated/α-hetero) is 1. The summed E-state index contributed by atoms with van der Waals surface area (Å²) in [7, 11) is 0. The predicted molar refractivity (Wildman–Crippen MR) is 28.8 cm³/mol. The quantitative estimate of drug-likeness (QED) is 0.463. The van der Waals surface area contributed by atoms with Crippen molar-refractivity contribution in [3.05, 3.63) is 0 Å². The van der Waals surface area contributed by atoms with Gasteiger partial charge in [-0.25, -0.2) is 0 Å². The maximum Gasteiger partial charge on any atom is 0.168 e. The van der Waals surface area contributed by atoms with Crippen molar-refractivity contribution >= 4 is 5.78 Å². The summed E-state index contributed by atoms with van der Waals surface area (Å²) in [5.41, 5.74) is 0. The third-order valence-electron chi connectivity index (χ3n) is 1.40. The van der Waals surface area contributed by atoms with Crippen LogP contribution in [0.4, 0.5) is 0 Å². The van der Waals surface area contributed by atoms with Crippen LogP contribution in [0.3, 0.4) is 0 Å². The van der Waals surface area contributed by atoms with Gasteiger partial charge in [0.15, 0.2) is 12.1 Å². The van der Waals surface area contributed by atoms with E-state index in [9.17, 15) is 4.79 Å². The lowest BCUT2D eigenvalue weighted by Crippen LogP contribution is -2.13. The Hall–Kier alpha value is -0.410. The van der Waals surface area contributed by atoms with Crippen LogP contribution in [0.1, 0.15) is 11.9 Å². The highest BCUT2D eigenvalue weighted by Gasteiger charge is 2.40. The first-order valence-electron chi connectivity index (χ1n) is 4.68. The summed E-state index contributed by atoms with van der Waals surface area (Å²) in [5.74, 6) is -1.56. The number of carbonyl (C=O) groups excluding carboxylic acids is 1. The van der Waals surface area contributed by atoms with Crippen LogP contribution in [0, 0.1) is 5.92 Å². The van der Waals surface area contributed by atoms with Crippen LogP contribution >= 0.6 is 0 Å². The molecule has 0 amide bonds. The Kier molecular flexibility index (Phi) is 0.531. The normalized spacial score (nSPS) is 59.3. The Balaban J connectivity index is 2.38. The largest absolute Gasteiger partial charge is 0.352 e. The zero-order valence-corrected chi connectivity index (χ0v) is 4.59. The summed E-state index contributed by atoms with van der Waals surface area (Å²) in [6.45, 7) is -2.64. The summed E-state index contributed by atoms with van der Waals surface area (Å²) in [5, 5.41) is 0. The standard InChI is InChI=1S/C6H8O3/c7-5-3-9-6-4(5)1-2-8-6/h4,6H,1-3H2/t4-,6+/m0/s1/i1D2,2D2. The lowest BCUT2D eigenvalue weighted by Gasteiger charge is -2.02. The Bertz CT molecular complexity index is 265. The second-order valence-corrected chi connectivity index (χ2v) is 1.99. The first-order valence-corrected chi connectivity index (χ1v) is 2.68. The third kappa shape index (κ3) is 0.686. The van der Waals surface area contributed by atoms with Crippen molar-refractivity contribution in [3.8, 4) is 0 Å². The molecule has 0 aliphatic carbocycles. The van der Waals surface area contributed by atoms with Crippen LogP contribution < -0.4 is 0 Å². The molecule has 2 fully saturated rings. The van der Waals surface area contributed by atoms with Crippen molar-refractivity contribution in [3.63, 3.8) is 0 Å². The molecule has 2 saturated heterocycles. The van der Waals surface area contributed by atoms with E-state index in [4.69, 9.17) is 10.2 Å². The minimum absolute atomic E-state index is 0.190. The number of ketones is 1. The van der Waals surface area contributed by atoms with Crippen LogP contribution in [-0.4, -0.2) is 25.2 Å². The molecule has 2 heterocycles. The fourth-order valence-corrected chi connectivity index (χ4v) is 0.908. The molecule has 0 spiro atoms. The van der Waals surface area contributed by atoms with Gasteiger partial charge in [0.1, 0.15) is 6.61 Å². The van der Waals surface area contributed by atoms with E-state index in [1.54, 1.807) is 0 Å². The number of rotatable bonds is 0. The molecule has 0 saturated carbocycles. The van der Waals surface area contributed by atoms with E-state index in [2.05, 4.69) is 4.74 Å². The molecule has 2 aliphatic heterocycles. The van der Waals surface area contributed by atoms with Gasteiger partial charge in [0.05, 0.1) is 15.2 Å². The highest BCUT2D eigenvalue weighted by Crippen LogP contribution is 2.27. The van der Waals surface area contributed by atoms with Crippen LogP contribution in [0.2, 0.25) is 0 Å². The molecule has 3 heteroatoms. The predicted octanol–water partition coefficient (Wildman–Crippen LogP) is -0.0517. The SMILES string of the molecule is [2H]C1([2H])O[C@@H]2OCC(=O)[C@@H]2C1([2H])[2H]. The Morgan fingerprint density at radius 3 is 3.33 bits per heavy atom. The highest BCUT2D eigenvalue weighted by atomic mass is 16.7. The van der Waals surface area contributed by atoms with E-state index in [0.29, 0.717) is 0 Å². The molecule has 0 bridgehead atoms. The number of carbonyl (C=O) groups is 1. The van der Waals surface area contributed by atoms with Crippen molar-refractivity contribution < 1.29 is 19.8 Å². The molecule has 2 rings (SSSR count). The number of hydrogen-bond donors (Lipinski definition) is 0. The second kappa shape index (κ2) is 1.78. The molecule has 2 atom stereocenters. The summed E-state index contributed by atoms with van der Waals surface area (Å²) < 4.78 is 38.7. The second-order valence-electron chi connectivity index (χ2n) is 1.99. The molecule has 0 radical (unpaired) electrons. The molecular weight excluding hydrogens is 120 g/mol. The summed E-state index contributed by atoms with van der Waals surface area (Å²) >= 11 is 0. The third-order valence-corrected chi connectivity index (χ3v) is 1.40. The Labute approximate surface area is 58.6 Å². The van der Waals surface area contributed by atoms with Crippen molar-refractivity contribution in [2.75, 3.05) is 13.2 Å². The maximum absolute atomic E-state index is 11.1. The lowest BCUT2D eigenvalue weighted by molar-refractivity contribution is -0.120. The van der Waals surface area contributed by atoms with Crippen molar-refractivity contribution in [2.24, 2.45) is 5.92 Å². The van der Waals surface area contributed by atoms with E-state index in [1.807, 2.05) is 0 Å². The Morgan fingerprint density at radius 1 is 1.67 bits per heavy atom. The van der Waals surface area contributed by atoms with Gasteiger partial charge in [-0.05, 0) is 6.37 Å². The summed E-state index contributed by atoms with van der Waals surface area (Å²) in [4.78, 5) is 11.1. The molecule has 0 N–H and O–H groups in total. The Morgan fingerprint density at radius 2 is 2.56 bits per heavy atom. The molecule has 0 aromatic heterocycles. The molecule has 0 aromatic carbocycles. The van der Waals surface area contributed by atoms with Gasteiger partial charge >= 0.3 is 0 Å². The van der Waals surface area contributed by atoms with Crippen LogP contribution in [0.5, 0.6) is 0 Å². The number of hydrogen-bond acceptors (Lipinski definition) is 3. The fourth-order valence-electron chi connectivity index (χ4n) is 0.908. The smallest absolute Gasteiger partial charge is 0.168 e. The fraction of sp³-hybridized carbons (Fsp3) is 0.833. The topological polar surface area (TPSA) is 35.5 Å². The molecule has 0 aromatic rings. The van der Waals surface area contributed by atoms with E-state index in [0.717, 1.165) is 0 Å². The summed E-state index contributed by atoms with van der Waals surface area (Å²) in [6.07, 6.45) is -3.36. The average Bonchev–Trinajstić information content (AvgIpc) is 2.37. The van der Waals surface area contributed by atoms with E-state index in [1.165, 1.54) is 0 Å². The molecule has 0 unspecified atom stereocenters. The van der Waals surface area contributed by atoms with E-state index < -0.39 is 30.9 Å². The van der Waals surface area contributed by atoms with Crippen LogP contribution in [0.25, 0.3) is 0 Å². The van der Waals surface area contributed by atoms with Gasteiger partial charge in [0.2, 0.25) is 0 Å². The minimum atomic E-state index is -2.45. The molecule has 2 aliphatic rings. The summed E-state index contributed by atoms with van der Waals surface area (Å²) in [6, 6.07) is 0. The van der Waals surface area contributed by atoms with E-state index in [-0.39, 0.29) is 6.61 Å². The lowest BCUT2D eigenvalue weighted by atomic mass is 10.1.